The first kappa shape index (κ1) is 21.0. The third kappa shape index (κ3) is 3.99. The highest BCUT2D eigenvalue weighted by atomic mass is 32.2. The van der Waals surface area contributed by atoms with Gasteiger partial charge in [0.25, 0.3) is 5.91 Å². The summed E-state index contributed by atoms with van der Waals surface area (Å²) < 4.78 is 36.4. The monoisotopic (exact) mass is 475 g/mol. The number of hydrogen-bond donors (Lipinski definition) is 0. The zero-order valence-electron chi connectivity index (χ0n) is 17.2. The van der Waals surface area contributed by atoms with Crippen molar-refractivity contribution in [3.8, 4) is 0 Å². The van der Waals surface area contributed by atoms with Gasteiger partial charge in [0.05, 0.1) is 29.8 Å². The number of thioether (sulfide) groups is 1. The van der Waals surface area contributed by atoms with E-state index < -0.39 is 9.84 Å². The largest absolute Gasteiger partial charge is 0.467 e. The van der Waals surface area contributed by atoms with Crippen LogP contribution in [0.15, 0.2) is 55.9 Å². The Morgan fingerprint density at radius 3 is 2.72 bits per heavy atom. The number of carbonyl (C=O) groups is 1. The molecule has 3 aromatic rings. The lowest BCUT2D eigenvalue weighted by atomic mass is 10.1. The Morgan fingerprint density at radius 1 is 1.22 bits per heavy atom. The summed E-state index contributed by atoms with van der Waals surface area (Å²) in [5.41, 5.74) is 0.679. The van der Waals surface area contributed by atoms with Gasteiger partial charge in [-0.3, -0.25) is 4.79 Å². The van der Waals surface area contributed by atoms with E-state index in [0.29, 0.717) is 41.1 Å². The molecule has 2 atom stereocenters. The first-order valence-electron chi connectivity index (χ1n) is 10.1. The number of hydrazone groups is 1. The van der Waals surface area contributed by atoms with Gasteiger partial charge in [-0.1, -0.05) is 11.8 Å². The van der Waals surface area contributed by atoms with Crippen molar-refractivity contribution in [1.29, 1.82) is 0 Å². The Morgan fingerprint density at radius 2 is 2.03 bits per heavy atom. The van der Waals surface area contributed by atoms with Crippen LogP contribution in [0.5, 0.6) is 0 Å². The highest BCUT2D eigenvalue weighted by Gasteiger charge is 2.36. The van der Waals surface area contributed by atoms with Crippen molar-refractivity contribution in [3.05, 3.63) is 54.1 Å². The van der Waals surface area contributed by atoms with E-state index in [9.17, 15) is 13.2 Å². The van der Waals surface area contributed by atoms with E-state index >= 15 is 0 Å². The van der Waals surface area contributed by atoms with Gasteiger partial charge in [0.2, 0.25) is 0 Å². The Bertz CT molecular complexity index is 1250. The van der Waals surface area contributed by atoms with Crippen molar-refractivity contribution in [3.63, 3.8) is 0 Å². The summed E-state index contributed by atoms with van der Waals surface area (Å²) in [4.78, 5) is 13.1. The zero-order chi connectivity index (χ0) is 22.3. The molecule has 0 aliphatic carbocycles. The molecule has 0 bridgehead atoms. The molecular weight excluding hydrogens is 454 g/mol. The average molecular weight is 476 g/mol. The second-order valence-electron chi connectivity index (χ2n) is 7.79. The molecule has 0 unspecified atom stereocenters. The van der Waals surface area contributed by atoms with E-state index in [2.05, 4.69) is 15.3 Å². The Kier molecular flexibility index (Phi) is 5.41. The molecule has 0 spiro atoms. The van der Waals surface area contributed by atoms with Crippen LogP contribution in [-0.2, 0) is 21.7 Å². The van der Waals surface area contributed by atoms with Gasteiger partial charge in [-0.15, -0.1) is 10.2 Å². The smallest absolute Gasteiger partial charge is 0.253 e. The van der Waals surface area contributed by atoms with Gasteiger partial charge in [-0.05, 0) is 30.7 Å². The molecule has 12 heteroatoms. The van der Waals surface area contributed by atoms with Crippen molar-refractivity contribution < 1.29 is 22.0 Å². The first-order chi connectivity index (χ1) is 15.4. The topological polar surface area (TPSA) is 124 Å². The maximum absolute atomic E-state index is 13.1. The minimum atomic E-state index is -3.02. The molecule has 10 nitrogen and oxygen atoms in total. The van der Waals surface area contributed by atoms with Crippen molar-refractivity contribution in [2.75, 3.05) is 17.3 Å². The van der Waals surface area contributed by atoms with Crippen LogP contribution < -0.4 is 0 Å². The number of sulfone groups is 1. The lowest BCUT2D eigenvalue weighted by molar-refractivity contribution is -0.130. The second kappa shape index (κ2) is 8.24. The van der Waals surface area contributed by atoms with Crippen molar-refractivity contribution in [2.45, 2.75) is 30.0 Å². The van der Waals surface area contributed by atoms with Crippen molar-refractivity contribution in [2.24, 2.45) is 12.1 Å². The van der Waals surface area contributed by atoms with E-state index in [0.717, 1.165) is 0 Å². The average Bonchev–Trinajstić information content (AvgIpc) is 3.55. The minimum Gasteiger partial charge on any atom is -0.467 e. The number of furan rings is 2. The molecule has 0 saturated carbocycles. The van der Waals surface area contributed by atoms with Crippen LogP contribution in [0.3, 0.4) is 0 Å². The lowest BCUT2D eigenvalue weighted by Gasteiger charge is -2.19. The number of carbonyl (C=O) groups excluding carboxylic acids is 1. The van der Waals surface area contributed by atoms with Crippen LogP contribution in [0.4, 0.5) is 0 Å². The summed E-state index contributed by atoms with van der Waals surface area (Å²) in [7, 11) is -1.23. The van der Waals surface area contributed by atoms with Crippen molar-refractivity contribution >= 4 is 33.2 Å². The van der Waals surface area contributed by atoms with Crippen LogP contribution in [0.2, 0.25) is 0 Å². The first-order valence-corrected chi connectivity index (χ1v) is 12.9. The van der Waals surface area contributed by atoms with E-state index in [1.807, 2.05) is 12.1 Å². The van der Waals surface area contributed by atoms with Gasteiger partial charge in [-0.2, -0.15) is 5.10 Å². The number of amides is 1. The van der Waals surface area contributed by atoms with Crippen LogP contribution in [-0.4, -0.2) is 57.1 Å². The van der Waals surface area contributed by atoms with E-state index in [-0.39, 0.29) is 35.1 Å². The third-order valence-electron chi connectivity index (χ3n) is 5.63. The van der Waals surface area contributed by atoms with E-state index in [1.54, 1.807) is 36.3 Å². The van der Waals surface area contributed by atoms with Gasteiger partial charge in [0.1, 0.15) is 29.1 Å². The van der Waals surface area contributed by atoms with Crippen LogP contribution in [0.25, 0.3) is 0 Å². The van der Waals surface area contributed by atoms with Crippen LogP contribution >= 0.6 is 11.8 Å². The van der Waals surface area contributed by atoms with Crippen molar-refractivity contribution in [1.82, 2.24) is 19.8 Å². The zero-order valence-corrected chi connectivity index (χ0v) is 18.9. The normalized spacial score (nSPS) is 22.4. The number of nitrogens with zero attached hydrogens (tertiary/aromatic N) is 5. The number of rotatable bonds is 6. The predicted molar refractivity (Wildman–Crippen MR) is 116 cm³/mol. The molecule has 1 saturated heterocycles. The molecule has 1 fully saturated rings. The fourth-order valence-corrected chi connectivity index (χ4v) is 6.54. The van der Waals surface area contributed by atoms with Gasteiger partial charge >= 0.3 is 0 Å². The molecule has 32 heavy (non-hydrogen) atoms. The molecular formula is C20H21N5O5S2. The van der Waals surface area contributed by atoms with Gasteiger partial charge in [-0.25, -0.2) is 13.4 Å². The molecule has 5 rings (SSSR count). The molecule has 2 aliphatic heterocycles. The summed E-state index contributed by atoms with van der Waals surface area (Å²) in [6.45, 7) is 0. The van der Waals surface area contributed by atoms with Gasteiger partial charge in [0.15, 0.2) is 15.0 Å². The standard InChI is InChI=1S/C20H21N5O5S2/c1-24-19(13-6-9-32(27,28)12-13)21-22-20(24)31-11-18(26)25-15(17-5-3-8-30-17)10-14(23-25)16-4-2-7-29-16/h2-5,7-8,13,15H,6,9-12H2,1H3/t13-,15+/m1/s1. The number of hydrogen-bond acceptors (Lipinski definition) is 9. The molecule has 0 aromatic carbocycles. The maximum Gasteiger partial charge on any atom is 0.253 e. The molecule has 5 heterocycles. The van der Waals surface area contributed by atoms with Gasteiger partial charge in [0, 0.05) is 19.4 Å². The van der Waals surface area contributed by atoms with Crippen LogP contribution in [0.1, 0.15) is 42.1 Å². The fraction of sp³-hybridized carbons (Fsp3) is 0.400. The number of aromatic nitrogens is 3. The summed E-state index contributed by atoms with van der Waals surface area (Å²) in [5.74, 6) is 1.90. The lowest BCUT2D eigenvalue weighted by Crippen LogP contribution is -2.28. The van der Waals surface area contributed by atoms with E-state index in [1.165, 1.54) is 16.8 Å². The molecule has 0 radical (unpaired) electrons. The SMILES string of the molecule is Cn1c(SCC(=O)N2N=C(c3ccco3)C[C@H]2c2ccco2)nnc1[C@@H]1CCS(=O)(=O)C1. The highest BCUT2D eigenvalue weighted by Crippen LogP contribution is 2.34. The quantitative estimate of drug-likeness (QED) is 0.498. The summed E-state index contributed by atoms with van der Waals surface area (Å²) in [5, 5.41) is 14.9. The maximum atomic E-state index is 13.1. The Labute approximate surface area is 188 Å². The predicted octanol–water partition coefficient (Wildman–Crippen LogP) is 2.37. The van der Waals surface area contributed by atoms with Crippen LogP contribution in [0, 0.1) is 0 Å². The Balaban J connectivity index is 1.31. The third-order valence-corrected chi connectivity index (χ3v) is 8.41. The second-order valence-corrected chi connectivity index (χ2v) is 11.0. The molecule has 1 amide bonds. The van der Waals surface area contributed by atoms with E-state index in [4.69, 9.17) is 8.83 Å². The molecule has 3 aromatic heterocycles. The Hall–Kier alpha value is -2.86. The minimum absolute atomic E-state index is 0.0887. The fourth-order valence-electron chi connectivity index (χ4n) is 4.03. The molecule has 0 N–H and O–H groups in total. The summed E-state index contributed by atoms with van der Waals surface area (Å²) in [6.07, 6.45) is 4.17. The summed E-state index contributed by atoms with van der Waals surface area (Å²) in [6, 6.07) is 6.84. The van der Waals surface area contributed by atoms with Gasteiger partial charge < -0.3 is 13.4 Å². The molecule has 168 valence electrons. The molecule has 2 aliphatic rings. The highest BCUT2D eigenvalue weighted by molar-refractivity contribution is 7.99. The summed E-state index contributed by atoms with van der Waals surface area (Å²) >= 11 is 1.24.